The van der Waals surface area contributed by atoms with Crippen molar-refractivity contribution < 1.29 is 4.42 Å². The molecule has 0 aliphatic rings. The molecule has 1 heterocycles. The van der Waals surface area contributed by atoms with E-state index in [2.05, 4.69) is 47.5 Å². The summed E-state index contributed by atoms with van der Waals surface area (Å²) < 4.78 is 5.31. The zero-order chi connectivity index (χ0) is 14.0. The summed E-state index contributed by atoms with van der Waals surface area (Å²) >= 11 is 0. The molecule has 0 atom stereocenters. The lowest BCUT2D eigenvalue weighted by molar-refractivity contribution is 0.483. The fraction of sp³-hybridized carbons (Fsp3) is 0.412. The summed E-state index contributed by atoms with van der Waals surface area (Å²) in [6.45, 7) is 6.12. The molecular formula is C17H24N2O. The minimum atomic E-state index is 0.795. The lowest BCUT2D eigenvalue weighted by Crippen LogP contribution is -2.32. The van der Waals surface area contributed by atoms with Crippen LogP contribution in [0.1, 0.15) is 25.5 Å². The smallest absolute Gasteiger partial charge is 0.117 e. The molecule has 0 aliphatic carbocycles. The van der Waals surface area contributed by atoms with Crippen molar-refractivity contribution in [3.63, 3.8) is 0 Å². The zero-order valence-corrected chi connectivity index (χ0v) is 12.2. The highest BCUT2D eigenvalue weighted by molar-refractivity contribution is 5.45. The molecule has 1 aromatic heterocycles. The van der Waals surface area contributed by atoms with Gasteiger partial charge in [0.25, 0.3) is 0 Å². The van der Waals surface area contributed by atoms with Crippen molar-refractivity contribution in [2.24, 2.45) is 0 Å². The molecule has 1 aromatic carbocycles. The van der Waals surface area contributed by atoms with Crippen molar-refractivity contribution in [1.82, 2.24) is 5.32 Å². The van der Waals surface area contributed by atoms with Crippen LogP contribution in [0.3, 0.4) is 0 Å². The van der Waals surface area contributed by atoms with Crippen molar-refractivity contribution in [2.45, 2.75) is 26.3 Å². The van der Waals surface area contributed by atoms with E-state index in [4.69, 9.17) is 4.42 Å². The van der Waals surface area contributed by atoms with Gasteiger partial charge in [0, 0.05) is 25.3 Å². The third-order valence-corrected chi connectivity index (χ3v) is 3.34. The first-order valence-corrected chi connectivity index (χ1v) is 7.43. The lowest BCUT2D eigenvalue weighted by atomic mass is 10.2. The van der Waals surface area contributed by atoms with Crippen molar-refractivity contribution in [3.8, 4) is 0 Å². The zero-order valence-electron chi connectivity index (χ0n) is 12.2. The van der Waals surface area contributed by atoms with E-state index < -0.39 is 0 Å². The van der Waals surface area contributed by atoms with Gasteiger partial charge >= 0.3 is 0 Å². The SMILES string of the molecule is CCCCN(CCNCc1ccco1)c1ccccc1. The highest BCUT2D eigenvalue weighted by Gasteiger charge is 2.05. The quantitative estimate of drug-likeness (QED) is 0.706. The summed E-state index contributed by atoms with van der Waals surface area (Å²) in [6, 6.07) is 14.6. The molecule has 3 heteroatoms. The second kappa shape index (κ2) is 8.43. The van der Waals surface area contributed by atoms with Crippen molar-refractivity contribution in [2.75, 3.05) is 24.5 Å². The predicted octanol–water partition coefficient (Wildman–Crippen LogP) is 3.68. The fourth-order valence-corrected chi connectivity index (χ4v) is 2.20. The fourth-order valence-electron chi connectivity index (χ4n) is 2.20. The highest BCUT2D eigenvalue weighted by atomic mass is 16.3. The average molecular weight is 272 g/mol. The van der Waals surface area contributed by atoms with Crippen LogP contribution in [0.2, 0.25) is 0 Å². The number of benzene rings is 1. The van der Waals surface area contributed by atoms with E-state index in [9.17, 15) is 0 Å². The van der Waals surface area contributed by atoms with Gasteiger partial charge in [-0.2, -0.15) is 0 Å². The van der Waals surface area contributed by atoms with E-state index in [1.54, 1.807) is 6.26 Å². The summed E-state index contributed by atoms with van der Waals surface area (Å²) in [4.78, 5) is 2.44. The maximum Gasteiger partial charge on any atom is 0.117 e. The Morgan fingerprint density at radius 1 is 1.05 bits per heavy atom. The number of unbranched alkanes of at least 4 members (excludes halogenated alkanes) is 1. The Morgan fingerprint density at radius 3 is 2.60 bits per heavy atom. The molecule has 3 nitrogen and oxygen atoms in total. The molecule has 0 fully saturated rings. The van der Waals surface area contributed by atoms with Crippen molar-refractivity contribution >= 4 is 5.69 Å². The van der Waals surface area contributed by atoms with Crippen LogP contribution >= 0.6 is 0 Å². The van der Waals surface area contributed by atoms with E-state index in [0.717, 1.165) is 31.9 Å². The molecule has 0 saturated carbocycles. The number of hydrogen-bond acceptors (Lipinski definition) is 3. The second-order valence-electron chi connectivity index (χ2n) is 4.93. The Balaban J connectivity index is 1.78. The van der Waals surface area contributed by atoms with Crippen LogP contribution in [0.5, 0.6) is 0 Å². The molecule has 108 valence electrons. The minimum Gasteiger partial charge on any atom is -0.468 e. The van der Waals surface area contributed by atoms with Crippen LogP contribution in [0.15, 0.2) is 53.1 Å². The van der Waals surface area contributed by atoms with E-state index in [-0.39, 0.29) is 0 Å². The first-order chi connectivity index (χ1) is 9.90. The van der Waals surface area contributed by atoms with Gasteiger partial charge in [0.2, 0.25) is 0 Å². The molecule has 2 rings (SSSR count). The molecule has 0 spiro atoms. The standard InChI is InChI=1S/C17H24N2O/c1-2-3-12-19(16-8-5-4-6-9-16)13-11-18-15-17-10-7-14-20-17/h4-10,14,18H,2-3,11-13,15H2,1H3. The van der Waals surface area contributed by atoms with Gasteiger partial charge in [-0.05, 0) is 30.7 Å². The Kier molecular flexibility index (Phi) is 6.18. The van der Waals surface area contributed by atoms with Gasteiger partial charge in [0.1, 0.15) is 5.76 Å². The highest BCUT2D eigenvalue weighted by Crippen LogP contribution is 2.13. The largest absolute Gasteiger partial charge is 0.468 e. The molecule has 0 aliphatic heterocycles. The Bertz CT molecular complexity index is 453. The normalized spacial score (nSPS) is 10.7. The van der Waals surface area contributed by atoms with Gasteiger partial charge in [0.05, 0.1) is 12.8 Å². The summed E-state index contributed by atoms with van der Waals surface area (Å²) in [7, 11) is 0. The van der Waals surface area contributed by atoms with Crippen LogP contribution in [0.4, 0.5) is 5.69 Å². The first-order valence-electron chi connectivity index (χ1n) is 7.43. The summed E-state index contributed by atoms with van der Waals surface area (Å²) in [5.74, 6) is 0.991. The first kappa shape index (κ1) is 14.7. The number of furan rings is 1. The summed E-state index contributed by atoms with van der Waals surface area (Å²) in [6.07, 6.45) is 4.17. The van der Waals surface area contributed by atoms with E-state index in [1.807, 2.05) is 12.1 Å². The van der Waals surface area contributed by atoms with Gasteiger partial charge in [-0.1, -0.05) is 31.5 Å². The maximum absolute atomic E-state index is 5.31. The maximum atomic E-state index is 5.31. The Hall–Kier alpha value is -1.74. The summed E-state index contributed by atoms with van der Waals surface area (Å²) in [5.41, 5.74) is 1.31. The van der Waals surface area contributed by atoms with Gasteiger partial charge in [-0.15, -0.1) is 0 Å². The number of nitrogens with one attached hydrogen (secondary N) is 1. The Morgan fingerprint density at radius 2 is 1.90 bits per heavy atom. The minimum absolute atomic E-state index is 0.795. The Labute approximate surface area is 121 Å². The van der Waals surface area contributed by atoms with Crippen LogP contribution in [-0.4, -0.2) is 19.6 Å². The predicted molar refractivity (Wildman–Crippen MR) is 84.0 cm³/mol. The molecule has 0 amide bonds. The van der Waals surface area contributed by atoms with E-state index in [0.29, 0.717) is 0 Å². The number of hydrogen-bond donors (Lipinski definition) is 1. The lowest BCUT2D eigenvalue weighted by Gasteiger charge is -2.24. The number of para-hydroxylation sites is 1. The number of nitrogens with zero attached hydrogens (tertiary/aromatic N) is 1. The molecule has 0 radical (unpaired) electrons. The molecule has 0 saturated heterocycles. The average Bonchev–Trinajstić information content (AvgIpc) is 3.01. The topological polar surface area (TPSA) is 28.4 Å². The molecule has 0 bridgehead atoms. The molecular weight excluding hydrogens is 248 g/mol. The van der Waals surface area contributed by atoms with Gasteiger partial charge in [-0.3, -0.25) is 0 Å². The molecule has 1 N–H and O–H groups in total. The molecule has 20 heavy (non-hydrogen) atoms. The van der Waals surface area contributed by atoms with Crippen molar-refractivity contribution in [1.29, 1.82) is 0 Å². The third kappa shape index (κ3) is 4.74. The van der Waals surface area contributed by atoms with E-state index in [1.165, 1.54) is 18.5 Å². The van der Waals surface area contributed by atoms with Crippen LogP contribution in [-0.2, 0) is 6.54 Å². The van der Waals surface area contributed by atoms with Gasteiger partial charge in [0.15, 0.2) is 0 Å². The van der Waals surface area contributed by atoms with E-state index >= 15 is 0 Å². The van der Waals surface area contributed by atoms with Crippen LogP contribution < -0.4 is 10.2 Å². The van der Waals surface area contributed by atoms with Crippen LogP contribution in [0.25, 0.3) is 0 Å². The van der Waals surface area contributed by atoms with Gasteiger partial charge < -0.3 is 14.6 Å². The molecule has 0 unspecified atom stereocenters. The van der Waals surface area contributed by atoms with Crippen molar-refractivity contribution in [3.05, 3.63) is 54.5 Å². The monoisotopic (exact) mass is 272 g/mol. The number of rotatable bonds is 9. The molecule has 2 aromatic rings. The number of anilines is 1. The third-order valence-electron chi connectivity index (χ3n) is 3.34. The van der Waals surface area contributed by atoms with Crippen LogP contribution in [0, 0.1) is 0 Å². The second-order valence-corrected chi connectivity index (χ2v) is 4.93. The van der Waals surface area contributed by atoms with Gasteiger partial charge in [-0.25, -0.2) is 0 Å². The summed E-state index contributed by atoms with van der Waals surface area (Å²) in [5, 5.41) is 3.43.